The molecule has 0 aliphatic carbocycles. The van der Waals surface area contributed by atoms with Crippen LogP contribution >= 0.6 is 0 Å². The Labute approximate surface area is 137 Å². The Hall–Kier alpha value is -2.56. The third-order valence-corrected chi connectivity index (χ3v) is 3.44. The maximum atomic E-state index is 11.9. The fourth-order valence-electron chi connectivity index (χ4n) is 2.14. The summed E-state index contributed by atoms with van der Waals surface area (Å²) in [5.41, 5.74) is 2.65. The van der Waals surface area contributed by atoms with E-state index in [1.807, 2.05) is 37.3 Å². The van der Waals surface area contributed by atoms with Crippen molar-refractivity contribution < 1.29 is 9.53 Å². The first-order valence-corrected chi connectivity index (χ1v) is 7.83. The van der Waals surface area contributed by atoms with Crippen LogP contribution in [0.3, 0.4) is 0 Å². The summed E-state index contributed by atoms with van der Waals surface area (Å²) in [5, 5.41) is 6.15. The lowest BCUT2D eigenvalue weighted by Gasteiger charge is -2.09. The highest BCUT2D eigenvalue weighted by Gasteiger charge is 2.05. The molecular weight excluding hydrogens is 290 g/mol. The second kappa shape index (κ2) is 8.78. The molecule has 122 valence electrons. The van der Waals surface area contributed by atoms with Crippen molar-refractivity contribution in [1.82, 2.24) is 10.3 Å². The minimum absolute atomic E-state index is 0.0850. The zero-order valence-electron chi connectivity index (χ0n) is 13.6. The Bertz CT molecular complexity index is 626. The first-order chi connectivity index (χ1) is 11.2. The minimum Gasteiger partial charge on any atom is -0.497 e. The van der Waals surface area contributed by atoms with Crippen molar-refractivity contribution in [3.8, 4) is 5.75 Å². The summed E-state index contributed by atoms with van der Waals surface area (Å²) < 4.78 is 5.14. The zero-order valence-corrected chi connectivity index (χ0v) is 13.6. The second-order valence-electron chi connectivity index (χ2n) is 5.24. The zero-order chi connectivity index (χ0) is 16.5. The third-order valence-electron chi connectivity index (χ3n) is 3.44. The smallest absolute Gasteiger partial charge is 0.252 e. The summed E-state index contributed by atoms with van der Waals surface area (Å²) in [5.74, 6) is 0.773. The fourth-order valence-corrected chi connectivity index (χ4v) is 2.14. The van der Waals surface area contributed by atoms with Gasteiger partial charge in [0.05, 0.1) is 18.4 Å². The molecule has 1 heterocycles. The van der Waals surface area contributed by atoms with E-state index in [9.17, 15) is 4.79 Å². The Balaban J connectivity index is 1.86. The summed E-state index contributed by atoms with van der Waals surface area (Å²) in [4.78, 5) is 16.0. The molecule has 0 atom stereocenters. The molecule has 2 rings (SSSR count). The number of benzene rings is 1. The number of hydrogen-bond acceptors (Lipinski definition) is 4. The number of pyridine rings is 1. The topological polar surface area (TPSA) is 63.2 Å². The van der Waals surface area contributed by atoms with E-state index >= 15 is 0 Å². The van der Waals surface area contributed by atoms with Crippen molar-refractivity contribution in [2.45, 2.75) is 19.8 Å². The summed E-state index contributed by atoms with van der Waals surface area (Å²) >= 11 is 0. The number of anilines is 1. The first-order valence-electron chi connectivity index (χ1n) is 7.83. The van der Waals surface area contributed by atoms with Gasteiger partial charge >= 0.3 is 0 Å². The van der Waals surface area contributed by atoms with Crippen molar-refractivity contribution in [2.24, 2.45) is 0 Å². The molecule has 0 saturated carbocycles. The maximum absolute atomic E-state index is 11.9. The van der Waals surface area contributed by atoms with Crippen LogP contribution < -0.4 is 15.4 Å². The van der Waals surface area contributed by atoms with Crippen molar-refractivity contribution in [2.75, 3.05) is 25.5 Å². The van der Waals surface area contributed by atoms with Gasteiger partial charge in [-0.2, -0.15) is 0 Å². The molecule has 0 saturated heterocycles. The van der Waals surface area contributed by atoms with Gasteiger partial charge in [0.1, 0.15) is 5.75 Å². The predicted molar refractivity (Wildman–Crippen MR) is 92.0 cm³/mol. The highest BCUT2D eigenvalue weighted by Crippen LogP contribution is 2.12. The molecule has 1 aromatic heterocycles. The van der Waals surface area contributed by atoms with Crippen LogP contribution in [-0.4, -0.2) is 31.1 Å². The second-order valence-corrected chi connectivity index (χ2v) is 5.24. The van der Waals surface area contributed by atoms with Gasteiger partial charge in [-0.15, -0.1) is 0 Å². The molecule has 5 nitrogen and oxygen atoms in total. The molecule has 1 aromatic carbocycles. The summed E-state index contributed by atoms with van der Waals surface area (Å²) in [6.07, 6.45) is 5.11. The predicted octanol–water partition coefficient (Wildman–Crippen LogP) is 2.88. The average Bonchev–Trinajstić information content (AvgIpc) is 2.60. The monoisotopic (exact) mass is 313 g/mol. The standard InChI is InChI=1S/C18H23N3O2/c1-3-9-21-18(22)15-11-16(13-19-12-15)20-10-8-14-4-6-17(23-2)7-5-14/h4-7,11-13,20H,3,8-10H2,1-2H3,(H,21,22). The molecule has 0 unspecified atom stereocenters. The van der Waals surface area contributed by atoms with Crippen molar-refractivity contribution in [3.05, 3.63) is 53.9 Å². The van der Waals surface area contributed by atoms with Crippen LogP contribution in [-0.2, 0) is 6.42 Å². The van der Waals surface area contributed by atoms with Crippen LogP contribution in [0, 0.1) is 0 Å². The molecule has 0 aliphatic heterocycles. The van der Waals surface area contributed by atoms with Crippen LogP contribution in [0.15, 0.2) is 42.7 Å². The Kier molecular flexibility index (Phi) is 6.41. The molecule has 2 N–H and O–H groups in total. The third kappa shape index (κ3) is 5.29. The van der Waals surface area contributed by atoms with Gasteiger partial charge in [-0.3, -0.25) is 9.78 Å². The number of rotatable bonds is 8. The lowest BCUT2D eigenvalue weighted by atomic mass is 10.1. The number of methoxy groups -OCH3 is 1. The molecule has 2 aromatic rings. The van der Waals surface area contributed by atoms with E-state index in [1.165, 1.54) is 5.56 Å². The van der Waals surface area contributed by atoms with Gasteiger partial charge in [0, 0.05) is 25.5 Å². The van der Waals surface area contributed by atoms with Gasteiger partial charge in [-0.1, -0.05) is 19.1 Å². The number of carbonyl (C=O) groups is 1. The number of carbonyl (C=O) groups excluding carboxylic acids is 1. The Morgan fingerprint density at radius 3 is 2.65 bits per heavy atom. The van der Waals surface area contributed by atoms with E-state index < -0.39 is 0 Å². The number of ether oxygens (including phenoxy) is 1. The van der Waals surface area contributed by atoms with Gasteiger partial charge in [0.15, 0.2) is 0 Å². The van der Waals surface area contributed by atoms with Crippen molar-refractivity contribution in [3.63, 3.8) is 0 Å². The molecule has 0 fully saturated rings. The van der Waals surface area contributed by atoms with Crippen molar-refractivity contribution in [1.29, 1.82) is 0 Å². The quantitative estimate of drug-likeness (QED) is 0.786. The van der Waals surface area contributed by atoms with Crippen molar-refractivity contribution >= 4 is 11.6 Å². The van der Waals surface area contributed by atoms with E-state index in [4.69, 9.17) is 4.74 Å². The van der Waals surface area contributed by atoms with E-state index in [2.05, 4.69) is 15.6 Å². The molecule has 0 bridgehead atoms. The van der Waals surface area contributed by atoms with Gasteiger partial charge in [-0.25, -0.2) is 0 Å². The highest BCUT2D eigenvalue weighted by atomic mass is 16.5. The summed E-state index contributed by atoms with van der Waals surface area (Å²) in [6, 6.07) is 9.83. The van der Waals surface area contributed by atoms with Crippen LogP contribution in [0.25, 0.3) is 0 Å². The molecule has 23 heavy (non-hydrogen) atoms. The van der Waals surface area contributed by atoms with Crippen LogP contribution in [0.4, 0.5) is 5.69 Å². The van der Waals surface area contributed by atoms with Gasteiger partial charge in [-0.05, 0) is 36.6 Å². The number of nitrogens with one attached hydrogen (secondary N) is 2. The molecule has 0 radical (unpaired) electrons. The van der Waals surface area contributed by atoms with Crippen LogP contribution in [0.2, 0.25) is 0 Å². The molecule has 5 heteroatoms. The minimum atomic E-state index is -0.0850. The maximum Gasteiger partial charge on any atom is 0.252 e. The summed E-state index contributed by atoms with van der Waals surface area (Å²) in [7, 11) is 1.66. The Morgan fingerprint density at radius 1 is 1.17 bits per heavy atom. The van der Waals surface area contributed by atoms with Crippen LogP contribution in [0.1, 0.15) is 29.3 Å². The molecule has 0 aliphatic rings. The number of aromatic nitrogens is 1. The van der Waals surface area contributed by atoms with Gasteiger partial charge < -0.3 is 15.4 Å². The average molecular weight is 313 g/mol. The highest BCUT2D eigenvalue weighted by molar-refractivity contribution is 5.94. The molecule has 1 amide bonds. The summed E-state index contributed by atoms with van der Waals surface area (Å²) in [6.45, 7) is 3.47. The largest absolute Gasteiger partial charge is 0.497 e. The SMILES string of the molecule is CCCNC(=O)c1cncc(NCCc2ccc(OC)cc2)c1. The number of nitrogens with zero attached hydrogens (tertiary/aromatic N) is 1. The first kappa shape index (κ1) is 16.8. The molecule has 0 spiro atoms. The van der Waals surface area contributed by atoms with Gasteiger partial charge in [0.25, 0.3) is 5.91 Å². The van der Waals surface area contributed by atoms with E-state index in [-0.39, 0.29) is 5.91 Å². The lowest BCUT2D eigenvalue weighted by molar-refractivity contribution is 0.0953. The lowest BCUT2D eigenvalue weighted by Crippen LogP contribution is -2.24. The van der Waals surface area contributed by atoms with E-state index in [0.29, 0.717) is 12.1 Å². The number of hydrogen-bond donors (Lipinski definition) is 2. The normalized spacial score (nSPS) is 10.2. The van der Waals surface area contributed by atoms with Gasteiger partial charge in [0.2, 0.25) is 0 Å². The number of amides is 1. The van der Waals surface area contributed by atoms with Crippen LogP contribution in [0.5, 0.6) is 5.75 Å². The van der Waals surface area contributed by atoms with E-state index in [0.717, 1.165) is 30.8 Å². The fraction of sp³-hybridized carbons (Fsp3) is 0.333. The Morgan fingerprint density at radius 2 is 1.96 bits per heavy atom. The molecular formula is C18H23N3O2. The van der Waals surface area contributed by atoms with E-state index in [1.54, 1.807) is 19.5 Å².